The average Bonchev–Trinajstić information content (AvgIpc) is 2.19. The van der Waals surface area contributed by atoms with Gasteiger partial charge in [0.2, 0.25) is 0 Å². The van der Waals surface area contributed by atoms with Crippen molar-refractivity contribution in [2.45, 2.75) is 13.0 Å². The van der Waals surface area contributed by atoms with Gasteiger partial charge in [-0.2, -0.15) is 0 Å². The zero-order valence-corrected chi connectivity index (χ0v) is 8.27. The van der Waals surface area contributed by atoms with E-state index >= 15 is 0 Å². The van der Waals surface area contributed by atoms with Crippen LogP contribution in [-0.4, -0.2) is 24.1 Å². The van der Waals surface area contributed by atoms with Gasteiger partial charge in [-0.05, 0) is 19.1 Å². The van der Waals surface area contributed by atoms with Crippen LogP contribution in [0.2, 0.25) is 0 Å². The van der Waals surface area contributed by atoms with Crippen LogP contribution in [0.3, 0.4) is 0 Å². The molecule has 76 valence electrons. The fraction of sp³-hybridized carbons (Fsp3) is 0.300. The van der Waals surface area contributed by atoms with Crippen molar-refractivity contribution in [2.24, 2.45) is 10.9 Å². The van der Waals surface area contributed by atoms with Gasteiger partial charge in [-0.15, -0.1) is 0 Å². The van der Waals surface area contributed by atoms with Crippen molar-refractivity contribution in [3.05, 3.63) is 29.8 Å². The van der Waals surface area contributed by atoms with Gasteiger partial charge in [0.15, 0.2) is 0 Å². The number of nitrogens with zero attached hydrogens (tertiary/aromatic N) is 1. The zero-order valence-electron chi connectivity index (χ0n) is 8.27. The molecule has 0 aromatic heterocycles. The number of methoxy groups -OCH3 is 1. The summed E-state index contributed by atoms with van der Waals surface area (Å²) in [6.07, 6.45) is 0. The third-order valence-electron chi connectivity index (χ3n) is 1.90. The molecule has 1 aromatic carbocycles. The minimum Gasteiger partial charge on any atom is -0.497 e. The molecule has 0 saturated carbocycles. The van der Waals surface area contributed by atoms with E-state index in [-0.39, 0.29) is 6.04 Å². The van der Waals surface area contributed by atoms with Crippen molar-refractivity contribution in [3.63, 3.8) is 0 Å². The lowest BCUT2D eigenvalue weighted by Crippen LogP contribution is -2.27. The quantitative estimate of drug-likeness (QED) is 0.432. The van der Waals surface area contributed by atoms with E-state index in [4.69, 9.17) is 15.7 Å². The van der Waals surface area contributed by atoms with E-state index < -0.39 is 0 Å². The Morgan fingerprint density at radius 1 is 1.57 bits per heavy atom. The number of hydrogen-bond donors (Lipinski definition) is 2. The number of ether oxygens (including phenoxy) is 1. The number of oxime groups is 1. The molecule has 0 amide bonds. The highest BCUT2D eigenvalue weighted by molar-refractivity contribution is 6.03. The second kappa shape index (κ2) is 4.62. The van der Waals surface area contributed by atoms with Gasteiger partial charge >= 0.3 is 0 Å². The minimum absolute atomic E-state index is 0.313. The van der Waals surface area contributed by atoms with Crippen LogP contribution in [0.25, 0.3) is 0 Å². The Morgan fingerprint density at radius 3 is 2.79 bits per heavy atom. The molecular weight excluding hydrogens is 180 g/mol. The monoisotopic (exact) mass is 194 g/mol. The van der Waals surface area contributed by atoms with Crippen LogP contribution >= 0.6 is 0 Å². The molecule has 1 atom stereocenters. The highest BCUT2D eigenvalue weighted by Gasteiger charge is 2.09. The summed E-state index contributed by atoms with van der Waals surface area (Å²) >= 11 is 0. The van der Waals surface area contributed by atoms with E-state index in [0.29, 0.717) is 11.5 Å². The molecule has 0 radical (unpaired) electrons. The summed E-state index contributed by atoms with van der Waals surface area (Å²) in [5, 5.41) is 11.9. The molecule has 0 saturated heterocycles. The Labute approximate surface area is 83.0 Å². The number of nitrogens with two attached hydrogens (primary N) is 1. The van der Waals surface area contributed by atoms with Gasteiger partial charge in [-0.1, -0.05) is 17.3 Å². The normalized spacial score (nSPS) is 13.8. The highest BCUT2D eigenvalue weighted by Crippen LogP contribution is 2.14. The van der Waals surface area contributed by atoms with Gasteiger partial charge in [0.05, 0.1) is 7.11 Å². The first-order valence-corrected chi connectivity index (χ1v) is 4.31. The first-order chi connectivity index (χ1) is 6.69. The maximum absolute atomic E-state index is 8.78. The van der Waals surface area contributed by atoms with E-state index in [9.17, 15) is 0 Å². The summed E-state index contributed by atoms with van der Waals surface area (Å²) in [6, 6.07) is 6.92. The van der Waals surface area contributed by atoms with E-state index in [2.05, 4.69) is 5.16 Å². The third kappa shape index (κ3) is 2.23. The molecule has 4 nitrogen and oxygen atoms in total. The molecule has 0 bridgehead atoms. The summed E-state index contributed by atoms with van der Waals surface area (Å²) in [5.74, 6) is 0.712. The summed E-state index contributed by atoms with van der Waals surface area (Å²) in [6.45, 7) is 1.76. The number of hydrogen-bond acceptors (Lipinski definition) is 4. The minimum atomic E-state index is -0.313. The summed E-state index contributed by atoms with van der Waals surface area (Å²) in [7, 11) is 1.58. The first-order valence-electron chi connectivity index (χ1n) is 4.31. The van der Waals surface area contributed by atoms with Crippen LogP contribution in [0.15, 0.2) is 29.4 Å². The molecule has 4 heteroatoms. The summed E-state index contributed by atoms with van der Waals surface area (Å²) < 4.78 is 5.05. The smallest absolute Gasteiger partial charge is 0.119 e. The van der Waals surface area contributed by atoms with Gasteiger partial charge in [-0.25, -0.2) is 0 Å². The van der Waals surface area contributed by atoms with Gasteiger partial charge < -0.3 is 15.7 Å². The standard InChI is InChI=1S/C10H14N2O2/c1-7(11)10(12-13)8-4-3-5-9(6-8)14-2/h3-7,13H,11H2,1-2H3/b12-10-/t7-/m1/s1. The number of benzene rings is 1. The van der Waals surface area contributed by atoms with E-state index in [1.807, 2.05) is 18.2 Å². The lowest BCUT2D eigenvalue weighted by Gasteiger charge is -2.09. The molecule has 0 unspecified atom stereocenters. The van der Waals surface area contributed by atoms with Gasteiger partial charge in [0, 0.05) is 11.6 Å². The van der Waals surface area contributed by atoms with Crippen LogP contribution in [0.5, 0.6) is 5.75 Å². The predicted octanol–water partition coefficient (Wildman–Crippen LogP) is 1.22. The van der Waals surface area contributed by atoms with E-state index in [0.717, 1.165) is 5.56 Å². The second-order valence-electron chi connectivity index (χ2n) is 3.01. The molecule has 3 N–H and O–H groups in total. The molecule has 0 aliphatic carbocycles. The maximum Gasteiger partial charge on any atom is 0.119 e. The molecule has 0 fully saturated rings. The first kappa shape index (κ1) is 10.5. The Kier molecular flexibility index (Phi) is 3.48. The highest BCUT2D eigenvalue weighted by atomic mass is 16.5. The largest absolute Gasteiger partial charge is 0.497 e. The van der Waals surface area contributed by atoms with Crippen LogP contribution in [-0.2, 0) is 0 Å². The lowest BCUT2D eigenvalue weighted by molar-refractivity contribution is 0.317. The molecule has 14 heavy (non-hydrogen) atoms. The Morgan fingerprint density at radius 2 is 2.29 bits per heavy atom. The predicted molar refractivity (Wildman–Crippen MR) is 55.0 cm³/mol. The van der Waals surface area contributed by atoms with Crippen LogP contribution < -0.4 is 10.5 Å². The second-order valence-corrected chi connectivity index (χ2v) is 3.01. The average molecular weight is 194 g/mol. The zero-order chi connectivity index (χ0) is 10.6. The number of rotatable bonds is 3. The van der Waals surface area contributed by atoms with Crippen LogP contribution in [0.4, 0.5) is 0 Å². The molecule has 0 aliphatic heterocycles. The van der Waals surface area contributed by atoms with Crippen LogP contribution in [0, 0.1) is 0 Å². The molecule has 0 heterocycles. The van der Waals surface area contributed by atoms with E-state index in [1.54, 1.807) is 20.1 Å². The third-order valence-corrected chi connectivity index (χ3v) is 1.90. The van der Waals surface area contributed by atoms with Gasteiger partial charge in [-0.3, -0.25) is 0 Å². The molecule has 0 spiro atoms. The molecular formula is C10H14N2O2. The fourth-order valence-electron chi connectivity index (χ4n) is 1.19. The molecule has 1 rings (SSSR count). The van der Waals surface area contributed by atoms with Crippen molar-refractivity contribution in [1.82, 2.24) is 0 Å². The molecule has 0 aliphatic rings. The Bertz CT molecular complexity index is 335. The van der Waals surface area contributed by atoms with Crippen molar-refractivity contribution in [1.29, 1.82) is 0 Å². The van der Waals surface area contributed by atoms with Crippen LogP contribution in [0.1, 0.15) is 12.5 Å². The Balaban J connectivity index is 3.05. The SMILES string of the molecule is COc1cccc(/C(=N\O)[C@@H](C)N)c1. The summed E-state index contributed by atoms with van der Waals surface area (Å²) in [5.41, 5.74) is 6.85. The van der Waals surface area contributed by atoms with Crippen molar-refractivity contribution >= 4 is 5.71 Å². The lowest BCUT2D eigenvalue weighted by atomic mass is 10.1. The van der Waals surface area contributed by atoms with Crippen molar-refractivity contribution < 1.29 is 9.94 Å². The van der Waals surface area contributed by atoms with Crippen molar-refractivity contribution in [3.8, 4) is 5.75 Å². The fourth-order valence-corrected chi connectivity index (χ4v) is 1.19. The van der Waals surface area contributed by atoms with Gasteiger partial charge in [0.25, 0.3) is 0 Å². The van der Waals surface area contributed by atoms with Gasteiger partial charge in [0.1, 0.15) is 11.5 Å². The molecule has 1 aromatic rings. The Hall–Kier alpha value is -1.55. The van der Waals surface area contributed by atoms with E-state index in [1.165, 1.54) is 0 Å². The topological polar surface area (TPSA) is 67.8 Å². The maximum atomic E-state index is 8.78. The summed E-state index contributed by atoms with van der Waals surface area (Å²) in [4.78, 5) is 0. The van der Waals surface area contributed by atoms with Crippen molar-refractivity contribution in [2.75, 3.05) is 7.11 Å².